The van der Waals surface area contributed by atoms with E-state index in [1.165, 1.54) is 50.2 Å². The molecule has 2 rings (SSSR count). The average molecular weight is 553 g/mol. The molecule has 8 heteroatoms. The Bertz CT molecular complexity index is 1030. The fraction of sp³-hybridized carbons (Fsp3) is 0.548. The van der Waals surface area contributed by atoms with Gasteiger partial charge in [0.05, 0.1) is 5.56 Å². The molecule has 0 aromatic heterocycles. The lowest BCUT2D eigenvalue weighted by Crippen LogP contribution is -2.36. The van der Waals surface area contributed by atoms with E-state index < -0.39 is 42.2 Å². The predicted molar refractivity (Wildman–Crippen MR) is 144 cm³/mol. The second kappa shape index (κ2) is 16.3. The lowest BCUT2D eigenvalue weighted by molar-refractivity contribution is -0.212. The van der Waals surface area contributed by atoms with E-state index in [2.05, 4.69) is 16.4 Å². The van der Waals surface area contributed by atoms with Crippen molar-refractivity contribution < 1.29 is 36.6 Å². The summed E-state index contributed by atoms with van der Waals surface area (Å²) in [4.78, 5) is 24.2. The topological polar surface area (TPSA) is 52.6 Å². The largest absolute Gasteiger partial charge is 0.517 e. The Hall–Kier alpha value is -2.90. The molecule has 0 fully saturated rings. The van der Waals surface area contributed by atoms with Gasteiger partial charge in [-0.05, 0) is 54.0 Å². The van der Waals surface area contributed by atoms with Crippen molar-refractivity contribution in [2.45, 2.75) is 104 Å². The van der Waals surface area contributed by atoms with Gasteiger partial charge in [0.2, 0.25) is 6.10 Å². The van der Waals surface area contributed by atoms with Crippen LogP contribution in [0.15, 0.2) is 42.5 Å². The van der Waals surface area contributed by atoms with Crippen LogP contribution in [0.4, 0.5) is 22.4 Å². The lowest BCUT2D eigenvalue weighted by atomic mass is 9.96. The van der Waals surface area contributed by atoms with Crippen LogP contribution in [0.1, 0.15) is 101 Å². The van der Waals surface area contributed by atoms with E-state index in [9.17, 15) is 27.2 Å². The predicted octanol–water partition coefficient (Wildman–Crippen LogP) is 9.84. The van der Waals surface area contributed by atoms with Crippen LogP contribution in [0.3, 0.4) is 0 Å². The van der Waals surface area contributed by atoms with E-state index in [1.807, 2.05) is 24.3 Å². The molecule has 0 bridgehead atoms. The number of rotatable bonds is 15. The van der Waals surface area contributed by atoms with Crippen LogP contribution in [0.2, 0.25) is 0 Å². The molecule has 0 unspecified atom stereocenters. The van der Waals surface area contributed by atoms with Crippen LogP contribution in [0, 0.1) is 11.7 Å². The fourth-order valence-electron chi connectivity index (χ4n) is 4.45. The summed E-state index contributed by atoms with van der Waals surface area (Å²) in [5.74, 6) is -2.70. The Morgan fingerprint density at radius 2 is 1.41 bits per heavy atom. The number of benzene rings is 2. The zero-order valence-corrected chi connectivity index (χ0v) is 23.1. The summed E-state index contributed by atoms with van der Waals surface area (Å²) >= 11 is 0. The van der Waals surface area contributed by atoms with Crippen LogP contribution in [0.25, 0.3) is 11.1 Å². The summed E-state index contributed by atoms with van der Waals surface area (Å²) in [6.07, 6.45) is 1.06. The number of hydrogen-bond donors (Lipinski definition) is 0. The first kappa shape index (κ1) is 32.3. The Morgan fingerprint density at radius 3 is 1.97 bits per heavy atom. The minimum absolute atomic E-state index is 0.320. The van der Waals surface area contributed by atoms with Gasteiger partial charge >= 0.3 is 18.3 Å². The quantitative estimate of drug-likeness (QED) is 0.0955. The number of halogens is 4. The van der Waals surface area contributed by atoms with Gasteiger partial charge in [0.1, 0.15) is 5.82 Å². The molecule has 39 heavy (non-hydrogen) atoms. The first-order valence-electron chi connectivity index (χ1n) is 14.0. The van der Waals surface area contributed by atoms with Crippen LogP contribution in [-0.2, 0) is 15.9 Å². The van der Waals surface area contributed by atoms with Crippen molar-refractivity contribution in [2.75, 3.05) is 0 Å². The number of esters is 1. The molecule has 0 saturated carbocycles. The molecule has 1 atom stereocenters. The van der Waals surface area contributed by atoms with Gasteiger partial charge in [-0.2, -0.15) is 13.2 Å². The van der Waals surface area contributed by atoms with Gasteiger partial charge in [0.25, 0.3) is 0 Å². The molecule has 0 aliphatic heterocycles. The molecule has 0 heterocycles. The molecule has 0 amide bonds. The third kappa shape index (κ3) is 11.0. The Labute approximate surface area is 229 Å². The van der Waals surface area contributed by atoms with Gasteiger partial charge in [-0.15, -0.1) is 0 Å². The summed E-state index contributed by atoms with van der Waals surface area (Å²) in [7, 11) is 0. The summed E-state index contributed by atoms with van der Waals surface area (Å²) in [6, 6.07) is 11.5. The third-order valence-electron chi connectivity index (χ3n) is 7.03. The van der Waals surface area contributed by atoms with Gasteiger partial charge in [0.15, 0.2) is 0 Å². The average Bonchev–Trinajstić information content (AvgIpc) is 2.90. The van der Waals surface area contributed by atoms with E-state index in [1.54, 1.807) is 13.8 Å². The number of alkyl halides is 3. The Morgan fingerprint density at radius 1 is 0.821 bits per heavy atom. The second-order valence-corrected chi connectivity index (χ2v) is 9.97. The van der Waals surface area contributed by atoms with Crippen molar-refractivity contribution in [3.05, 3.63) is 59.4 Å². The summed E-state index contributed by atoms with van der Waals surface area (Å²) in [5.41, 5.74) is 1.87. The highest BCUT2D eigenvalue weighted by molar-refractivity contribution is 5.96. The van der Waals surface area contributed by atoms with Crippen LogP contribution < -0.4 is 0 Å². The molecule has 216 valence electrons. The zero-order valence-electron chi connectivity index (χ0n) is 23.1. The monoisotopic (exact) mass is 552 g/mol. The van der Waals surface area contributed by atoms with Crippen LogP contribution >= 0.6 is 0 Å². The minimum Gasteiger partial charge on any atom is -0.421 e. The SMILES string of the molecule is CCCCCCCCCc1ccc(-c2ccc(C(=O)OC(=O)O[C@H](CC(CC)CC)C(F)(F)F)c(F)c2)cc1. The second-order valence-electron chi connectivity index (χ2n) is 9.97. The van der Waals surface area contributed by atoms with Crippen molar-refractivity contribution in [2.24, 2.45) is 5.92 Å². The summed E-state index contributed by atoms with van der Waals surface area (Å²) in [5, 5.41) is 0. The molecular formula is C31H40F4O4. The molecule has 0 N–H and O–H groups in total. The van der Waals surface area contributed by atoms with E-state index >= 15 is 0 Å². The molecule has 0 saturated heterocycles. The maximum atomic E-state index is 14.7. The van der Waals surface area contributed by atoms with Crippen LogP contribution in [0.5, 0.6) is 0 Å². The number of aryl methyl sites for hydroxylation is 1. The molecule has 2 aromatic carbocycles. The van der Waals surface area contributed by atoms with Crippen molar-refractivity contribution in [3.63, 3.8) is 0 Å². The highest BCUT2D eigenvalue weighted by atomic mass is 19.4. The molecule has 0 radical (unpaired) electrons. The number of hydrogen-bond acceptors (Lipinski definition) is 4. The Kier molecular flexibility index (Phi) is 13.5. The van der Waals surface area contributed by atoms with Gasteiger partial charge < -0.3 is 9.47 Å². The smallest absolute Gasteiger partial charge is 0.421 e. The van der Waals surface area contributed by atoms with Crippen molar-refractivity contribution in [1.82, 2.24) is 0 Å². The third-order valence-corrected chi connectivity index (χ3v) is 7.03. The standard InChI is InChI=1S/C31H40F4O4/c1-4-7-8-9-10-11-12-13-23-14-16-24(17-15-23)25-18-19-26(27(32)21-25)29(36)39-30(37)38-28(31(33,34)35)20-22(5-2)6-3/h14-19,21-22,28H,4-13,20H2,1-3H3/t28-/m1/s1. The Balaban J connectivity index is 1.94. The van der Waals surface area contributed by atoms with Crippen molar-refractivity contribution in [1.29, 1.82) is 0 Å². The molecular weight excluding hydrogens is 512 g/mol. The van der Waals surface area contributed by atoms with Gasteiger partial charge in [-0.1, -0.05) is 102 Å². The summed E-state index contributed by atoms with van der Waals surface area (Å²) in [6.45, 7) is 5.68. The maximum Gasteiger partial charge on any atom is 0.517 e. The first-order chi connectivity index (χ1) is 18.6. The first-order valence-corrected chi connectivity index (χ1v) is 14.0. The van der Waals surface area contributed by atoms with E-state index in [4.69, 9.17) is 0 Å². The van der Waals surface area contributed by atoms with Crippen molar-refractivity contribution in [3.8, 4) is 11.1 Å². The highest BCUT2D eigenvalue weighted by Gasteiger charge is 2.44. The molecule has 0 spiro atoms. The maximum absolute atomic E-state index is 14.7. The van der Waals surface area contributed by atoms with Crippen molar-refractivity contribution >= 4 is 12.1 Å². The minimum atomic E-state index is -4.82. The number of carbonyl (C=O) groups excluding carboxylic acids is 2. The number of ether oxygens (including phenoxy) is 2. The highest BCUT2D eigenvalue weighted by Crippen LogP contribution is 2.31. The number of unbranched alkanes of at least 4 members (excludes halogenated alkanes) is 6. The number of carbonyl (C=O) groups is 2. The zero-order chi connectivity index (χ0) is 28.8. The molecule has 0 aliphatic rings. The van der Waals surface area contributed by atoms with E-state index in [-0.39, 0.29) is 5.92 Å². The van der Waals surface area contributed by atoms with Crippen LogP contribution in [-0.4, -0.2) is 24.4 Å². The van der Waals surface area contributed by atoms with Gasteiger partial charge in [0, 0.05) is 0 Å². The van der Waals surface area contributed by atoms with E-state index in [0.29, 0.717) is 18.4 Å². The van der Waals surface area contributed by atoms with Gasteiger partial charge in [-0.3, -0.25) is 0 Å². The fourth-order valence-corrected chi connectivity index (χ4v) is 4.45. The summed E-state index contributed by atoms with van der Waals surface area (Å²) < 4.78 is 63.5. The normalized spacial score (nSPS) is 12.4. The molecule has 0 aliphatic carbocycles. The molecule has 4 nitrogen and oxygen atoms in total. The van der Waals surface area contributed by atoms with Gasteiger partial charge in [-0.25, -0.2) is 14.0 Å². The molecule has 2 aromatic rings. The lowest BCUT2D eigenvalue weighted by Gasteiger charge is -2.23. The van der Waals surface area contributed by atoms with E-state index in [0.717, 1.165) is 30.5 Å².